The zero-order valence-corrected chi connectivity index (χ0v) is 18.2. The highest BCUT2D eigenvalue weighted by molar-refractivity contribution is 9.10. The van der Waals surface area contributed by atoms with Gasteiger partial charge in [0.05, 0.1) is 16.7 Å². The number of carbonyl (C=O) groups excluding carboxylic acids is 1. The Morgan fingerprint density at radius 2 is 1.63 bits per heavy atom. The average molecular weight is 462 g/mol. The van der Waals surface area contributed by atoms with Crippen molar-refractivity contribution < 1.29 is 9.53 Å². The van der Waals surface area contributed by atoms with Gasteiger partial charge < -0.3 is 10.1 Å². The third kappa shape index (κ3) is 4.33. The number of hydrogen-bond acceptors (Lipinski definition) is 4. The molecular formula is C24H20BrN3O2. The lowest BCUT2D eigenvalue weighted by Crippen LogP contribution is -2.09. The van der Waals surface area contributed by atoms with Crippen molar-refractivity contribution in [2.75, 3.05) is 5.32 Å². The molecule has 0 bridgehead atoms. The van der Waals surface area contributed by atoms with Crippen LogP contribution < -0.4 is 10.1 Å². The molecule has 0 unspecified atom stereocenters. The standard InChI is InChI=1S/C24H20BrN3O2/c1-15(17-8-4-3-5-9-17)30-24-23(27-21-10-6-7-11-22(21)28-24)19-14-18(25)12-13-20(19)26-16(2)29/h3-15H,1-2H3,(H,26,29)/t15-/m0/s1. The molecule has 1 aromatic heterocycles. The number of nitrogens with zero attached hydrogens (tertiary/aromatic N) is 2. The number of ether oxygens (including phenoxy) is 1. The molecule has 0 aliphatic rings. The van der Waals surface area contributed by atoms with Gasteiger partial charge in [-0.25, -0.2) is 9.97 Å². The molecule has 1 atom stereocenters. The highest BCUT2D eigenvalue weighted by Gasteiger charge is 2.19. The SMILES string of the molecule is CC(=O)Nc1ccc(Br)cc1-c1nc2ccccc2nc1O[C@@H](C)c1ccccc1. The molecule has 150 valence electrons. The first-order chi connectivity index (χ1) is 14.5. The van der Waals surface area contributed by atoms with Crippen LogP contribution in [0.3, 0.4) is 0 Å². The van der Waals surface area contributed by atoms with Gasteiger partial charge >= 0.3 is 0 Å². The van der Waals surface area contributed by atoms with E-state index >= 15 is 0 Å². The Labute approximate surface area is 183 Å². The molecule has 3 aromatic carbocycles. The van der Waals surface area contributed by atoms with E-state index in [2.05, 4.69) is 21.2 Å². The van der Waals surface area contributed by atoms with Crippen LogP contribution in [-0.2, 0) is 4.79 Å². The van der Waals surface area contributed by atoms with E-state index in [0.29, 0.717) is 17.3 Å². The van der Waals surface area contributed by atoms with Gasteiger partial charge in [0.15, 0.2) is 0 Å². The van der Waals surface area contributed by atoms with Crippen LogP contribution in [0.15, 0.2) is 77.3 Å². The van der Waals surface area contributed by atoms with Crippen molar-refractivity contribution in [3.05, 3.63) is 82.8 Å². The molecule has 4 aromatic rings. The second kappa shape index (κ2) is 8.63. The zero-order chi connectivity index (χ0) is 21.1. The summed E-state index contributed by atoms with van der Waals surface area (Å²) in [4.78, 5) is 21.3. The summed E-state index contributed by atoms with van der Waals surface area (Å²) < 4.78 is 7.16. The average Bonchev–Trinajstić information content (AvgIpc) is 2.75. The Kier molecular flexibility index (Phi) is 5.77. The van der Waals surface area contributed by atoms with Gasteiger partial charge in [0.1, 0.15) is 11.8 Å². The number of para-hydroxylation sites is 2. The molecule has 0 radical (unpaired) electrons. The second-order valence-electron chi connectivity index (χ2n) is 6.91. The van der Waals surface area contributed by atoms with E-state index in [1.165, 1.54) is 6.92 Å². The van der Waals surface area contributed by atoms with E-state index in [9.17, 15) is 4.79 Å². The number of hydrogen-bond donors (Lipinski definition) is 1. The van der Waals surface area contributed by atoms with Gasteiger partial charge in [-0.05, 0) is 42.8 Å². The van der Waals surface area contributed by atoms with E-state index in [1.807, 2.05) is 79.7 Å². The lowest BCUT2D eigenvalue weighted by Gasteiger charge is -2.18. The molecule has 30 heavy (non-hydrogen) atoms. The van der Waals surface area contributed by atoms with Crippen molar-refractivity contribution in [2.45, 2.75) is 20.0 Å². The number of benzene rings is 3. The minimum Gasteiger partial charge on any atom is -0.468 e. The fraction of sp³-hybridized carbons (Fsp3) is 0.125. The molecule has 5 nitrogen and oxygen atoms in total. The fourth-order valence-electron chi connectivity index (χ4n) is 3.21. The molecule has 1 N–H and O–H groups in total. The Hall–Kier alpha value is -3.25. The van der Waals surface area contributed by atoms with Gasteiger partial charge in [0.2, 0.25) is 11.8 Å². The fourth-order valence-corrected chi connectivity index (χ4v) is 3.57. The van der Waals surface area contributed by atoms with Gasteiger partial charge in [-0.1, -0.05) is 58.4 Å². The van der Waals surface area contributed by atoms with Gasteiger partial charge in [-0.2, -0.15) is 0 Å². The monoisotopic (exact) mass is 461 g/mol. The zero-order valence-electron chi connectivity index (χ0n) is 16.6. The maximum atomic E-state index is 11.8. The molecule has 0 aliphatic heterocycles. The highest BCUT2D eigenvalue weighted by Crippen LogP contribution is 2.37. The van der Waals surface area contributed by atoms with Crippen molar-refractivity contribution in [1.82, 2.24) is 9.97 Å². The topological polar surface area (TPSA) is 64.1 Å². The number of nitrogens with one attached hydrogen (secondary N) is 1. The van der Waals surface area contributed by atoms with Crippen molar-refractivity contribution in [3.63, 3.8) is 0 Å². The van der Waals surface area contributed by atoms with Crippen molar-refractivity contribution >= 4 is 38.6 Å². The van der Waals surface area contributed by atoms with Gasteiger partial charge in [0, 0.05) is 17.0 Å². The molecule has 0 spiro atoms. The Balaban J connectivity index is 1.87. The first-order valence-corrected chi connectivity index (χ1v) is 10.4. The second-order valence-corrected chi connectivity index (χ2v) is 7.82. The van der Waals surface area contributed by atoms with E-state index in [1.54, 1.807) is 0 Å². The number of rotatable bonds is 5. The Morgan fingerprint density at radius 3 is 2.33 bits per heavy atom. The van der Waals surface area contributed by atoms with Crippen LogP contribution in [0.4, 0.5) is 5.69 Å². The first-order valence-electron chi connectivity index (χ1n) is 9.57. The van der Waals surface area contributed by atoms with Crippen molar-refractivity contribution in [1.29, 1.82) is 0 Å². The van der Waals surface area contributed by atoms with Crippen molar-refractivity contribution in [3.8, 4) is 17.1 Å². The van der Waals surface area contributed by atoms with E-state index in [-0.39, 0.29) is 12.0 Å². The third-order valence-electron chi connectivity index (χ3n) is 4.64. The largest absolute Gasteiger partial charge is 0.468 e. The van der Waals surface area contributed by atoms with Gasteiger partial charge in [-0.3, -0.25) is 4.79 Å². The Morgan fingerprint density at radius 1 is 0.967 bits per heavy atom. The van der Waals surface area contributed by atoms with Crippen LogP contribution in [0.5, 0.6) is 5.88 Å². The van der Waals surface area contributed by atoms with Crippen LogP contribution in [-0.4, -0.2) is 15.9 Å². The number of aromatic nitrogens is 2. The first kappa shape index (κ1) is 20.0. The number of amides is 1. The minimum atomic E-state index is -0.225. The summed E-state index contributed by atoms with van der Waals surface area (Å²) in [5.74, 6) is 0.252. The molecule has 4 rings (SSSR count). The summed E-state index contributed by atoms with van der Waals surface area (Å²) in [5, 5.41) is 2.88. The summed E-state index contributed by atoms with van der Waals surface area (Å²) in [7, 11) is 0. The number of carbonyl (C=O) groups is 1. The van der Waals surface area contributed by atoms with Gasteiger partial charge in [0.25, 0.3) is 0 Å². The maximum Gasteiger partial charge on any atom is 0.241 e. The van der Waals surface area contributed by atoms with E-state index < -0.39 is 0 Å². The molecule has 0 saturated heterocycles. The van der Waals surface area contributed by atoms with Gasteiger partial charge in [-0.15, -0.1) is 0 Å². The third-order valence-corrected chi connectivity index (χ3v) is 5.14. The number of halogens is 1. The molecule has 0 saturated carbocycles. The normalized spacial score (nSPS) is 11.8. The Bertz CT molecular complexity index is 1210. The predicted molar refractivity (Wildman–Crippen MR) is 122 cm³/mol. The highest BCUT2D eigenvalue weighted by atomic mass is 79.9. The summed E-state index contributed by atoms with van der Waals surface area (Å²) in [6, 6.07) is 23.2. The summed E-state index contributed by atoms with van der Waals surface area (Å²) in [6.07, 6.45) is -0.225. The van der Waals surface area contributed by atoms with Crippen LogP contribution in [0.1, 0.15) is 25.5 Å². The molecule has 6 heteroatoms. The summed E-state index contributed by atoms with van der Waals surface area (Å²) in [5.41, 5.74) is 4.48. The lowest BCUT2D eigenvalue weighted by molar-refractivity contribution is -0.114. The predicted octanol–water partition coefficient (Wildman–Crippen LogP) is 6.16. The van der Waals surface area contributed by atoms with Crippen LogP contribution in [0.25, 0.3) is 22.3 Å². The van der Waals surface area contributed by atoms with Crippen LogP contribution in [0.2, 0.25) is 0 Å². The summed E-state index contributed by atoms with van der Waals surface area (Å²) in [6.45, 7) is 3.46. The number of anilines is 1. The van der Waals surface area contributed by atoms with Crippen LogP contribution in [0, 0.1) is 0 Å². The number of fused-ring (bicyclic) bond motifs is 1. The van der Waals surface area contributed by atoms with Crippen LogP contribution >= 0.6 is 15.9 Å². The molecule has 0 fully saturated rings. The minimum absolute atomic E-state index is 0.160. The van der Waals surface area contributed by atoms with Crippen molar-refractivity contribution in [2.24, 2.45) is 0 Å². The van der Waals surface area contributed by atoms with E-state index in [4.69, 9.17) is 14.7 Å². The lowest BCUT2D eigenvalue weighted by atomic mass is 10.1. The van der Waals surface area contributed by atoms with E-state index in [0.717, 1.165) is 26.6 Å². The summed E-state index contributed by atoms with van der Waals surface area (Å²) >= 11 is 3.52. The molecular weight excluding hydrogens is 442 g/mol. The molecule has 0 aliphatic carbocycles. The smallest absolute Gasteiger partial charge is 0.241 e. The molecule has 1 heterocycles. The molecule has 1 amide bonds. The quantitative estimate of drug-likeness (QED) is 0.386. The maximum absolute atomic E-state index is 11.8.